The molecule has 3 aromatic carbocycles. The van der Waals surface area contributed by atoms with Crippen molar-refractivity contribution >= 4 is 55.7 Å². The summed E-state index contributed by atoms with van der Waals surface area (Å²) in [6, 6.07) is 15.6. The topological polar surface area (TPSA) is 90.7 Å². The molecule has 1 saturated heterocycles. The number of aromatic nitrogens is 1. The van der Waals surface area contributed by atoms with Crippen LogP contribution in [0.25, 0.3) is 16.0 Å². The van der Waals surface area contributed by atoms with Crippen LogP contribution in [0.2, 0.25) is 5.02 Å². The van der Waals surface area contributed by atoms with Gasteiger partial charge in [-0.3, -0.25) is 14.5 Å². The van der Waals surface area contributed by atoms with Gasteiger partial charge < -0.3 is 10.2 Å². The molecule has 1 fully saturated rings. The summed E-state index contributed by atoms with van der Waals surface area (Å²) in [4.78, 5) is 32.5. The smallest absolute Gasteiger partial charge is 0.301 e. The number of anilines is 1. The Labute approximate surface area is 204 Å². The number of carbonyl (C=O) groups excluding carboxylic acids is 2. The highest BCUT2D eigenvalue weighted by Gasteiger charge is 2.48. The second-order valence-corrected chi connectivity index (χ2v) is 9.61. The lowest BCUT2D eigenvalue weighted by Gasteiger charge is -2.23. The van der Waals surface area contributed by atoms with E-state index in [0.717, 1.165) is 21.3 Å². The number of phenols is 1. The van der Waals surface area contributed by atoms with E-state index < -0.39 is 17.7 Å². The van der Waals surface area contributed by atoms with Gasteiger partial charge in [-0.15, -0.1) is 0 Å². The Bertz CT molecular complexity index is 1450. The lowest BCUT2D eigenvalue weighted by atomic mass is 9.95. The van der Waals surface area contributed by atoms with E-state index in [1.807, 2.05) is 26.0 Å². The van der Waals surface area contributed by atoms with Crippen LogP contribution in [-0.2, 0) is 9.59 Å². The average Bonchev–Trinajstić information content (AvgIpc) is 3.32. The minimum atomic E-state index is -0.918. The van der Waals surface area contributed by atoms with E-state index in [1.54, 1.807) is 36.4 Å². The Hall–Kier alpha value is -3.68. The molecule has 8 heteroatoms. The minimum absolute atomic E-state index is 0.0457. The Morgan fingerprint density at radius 2 is 1.65 bits per heavy atom. The first-order valence-corrected chi connectivity index (χ1v) is 11.7. The van der Waals surface area contributed by atoms with Crippen molar-refractivity contribution in [3.05, 3.63) is 93.5 Å². The summed E-state index contributed by atoms with van der Waals surface area (Å²) < 4.78 is 0.891. The summed E-state index contributed by atoms with van der Waals surface area (Å²) >= 11 is 7.28. The first-order valence-electron chi connectivity index (χ1n) is 10.5. The molecule has 2 heterocycles. The van der Waals surface area contributed by atoms with Gasteiger partial charge in [0.2, 0.25) is 0 Å². The van der Waals surface area contributed by atoms with Crippen molar-refractivity contribution in [1.29, 1.82) is 0 Å². The molecule has 1 aliphatic heterocycles. The number of carbonyl (C=O) groups is 2. The van der Waals surface area contributed by atoms with E-state index in [0.29, 0.717) is 21.3 Å². The van der Waals surface area contributed by atoms with Gasteiger partial charge in [-0.25, -0.2) is 4.98 Å². The van der Waals surface area contributed by atoms with Gasteiger partial charge in [-0.1, -0.05) is 35.1 Å². The zero-order valence-corrected chi connectivity index (χ0v) is 19.8. The number of aliphatic hydroxyl groups is 1. The molecule has 2 N–H and O–H groups in total. The Morgan fingerprint density at radius 1 is 1.00 bits per heavy atom. The number of aromatic hydroxyl groups is 1. The number of aryl methyl sites for hydroxylation is 2. The van der Waals surface area contributed by atoms with Crippen LogP contribution >= 0.6 is 22.9 Å². The van der Waals surface area contributed by atoms with Gasteiger partial charge in [0.15, 0.2) is 5.13 Å². The average molecular weight is 491 g/mol. The molecule has 1 unspecified atom stereocenters. The fourth-order valence-electron chi connectivity index (χ4n) is 4.04. The molecule has 6 nitrogen and oxygen atoms in total. The van der Waals surface area contributed by atoms with Gasteiger partial charge in [0, 0.05) is 10.6 Å². The number of ketones is 1. The number of rotatable bonds is 3. The number of hydrogen-bond acceptors (Lipinski definition) is 6. The van der Waals surface area contributed by atoms with Crippen molar-refractivity contribution in [3.8, 4) is 5.75 Å². The number of benzene rings is 3. The maximum absolute atomic E-state index is 13.3. The van der Waals surface area contributed by atoms with Crippen molar-refractivity contribution in [3.63, 3.8) is 0 Å². The molecular formula is C26H19ClN2O4S. The molecular weight excluding hydrogens is 472 g/mol. The van der Waals surface area contributed by atoms with Crippen LogP contribution in [0.1, 0.15) is 28.3 Å². The number of halogens is 1. The van der Waals surface area contributed by atoms with Crippen LogP contribution in [0.4, 0.5) is 5.13 Å². The minimum Gasteiger partial charge on any atom is -0.508 e. The highest BCUT2D eigenvalue weighted by Crippen LogP contribution is 2.44. The van der Waals surface area contributed by atoms with Gasteiger partial charge >= 0.3 is 5.91 Å². The third-order valence-corrected chi connectivity index (χ3v) is 7.24. The van der Waals surface area contributed by atoms with Crippen LogP contribution in [0, 0.1) is 13.8 Å². The molecule has 0 aliphatic carbocycles. The van der Waals surface area contributed by atoms with E-state index in [9.17, 15) is 19.8 Å². The van der Waals surface area contributed by atoms with Crippen molar-refractivity contribution in [2.24, 2.45) is 0 Å². The van der Waals surface area contributed by atoms with Crippen LogP contribution in [0.5, 0.6) is 5.75 Å². The number of Topliss-reactive ketones (excluding diaryl/α,β-unsaturated/α-hetero) is 1. The molecule has 4 aromatic rings. The Kier molecular flexibility index (Phi) is 5.38. The van der Waals surface area contributed by atoms with Crippen molar-refractivity contribution in [1.82, 2.24) is 4.98 Å². The van der Waals surface area contributed by atoms with Gasteiger partial charge in [-0.05, 0) is 79.1 Å². The van der Waals surface area contributed by atoms with Gasteiger partial charge in [0.25, 0.3) is 5.78 Å². The van der Waals surface area contributed by atoms with E-state index in [1.165, 1.54) is 28.4 Å². The summed E-state index contributed by atoms with van der Waals surface area (Å²) in [6.07, 6.45) is 0. The van der Waals surface area contributed by atoms with E-state index in [-0.39, 0.29) is 17.1 Å². The lowest BCUT2D eigenvalue weighted by Crippen LogP contribution is -2.29. The molecule has 5 rings (SSSR count). The molecule has 1 amide bonds. The monoisotopic (exact) mass is 490 g/mol. The normalized spacial score (nSPS) is 17.6. The van der Waals surface area contributed by atoms with E-state index in [2.05, 4.69) is 4.98 Å². The number of fused-ring (bicyclic) bond motifs is 1. The summed E-state index contributed by atoms with van der Waals surface area (Å²) in [5.41, 5.74) is 3.77. The maximum atomic E-state index is 13.3. The molecule has 34 heavy (non-hydrogen) atoms. The van der Waals surface area contributed by atoms with E-state index in [4.69, 9.17) is 11.6 Å². The standard InChI is InChI=1S/C26H19ClN2O4S/c1-13-11-19-20(12-14(13)2)34-26(28-19)29-22(15-5-9-18(30)10-6-15)21(24(32)25(29)33)23(31)16-3-7-17(27)8-4-16/h3-12,22,30-31H,1-2H3/b23-21+. The van der Waals surface area contributed by atoms with Gasteiger partial charge in [0.1, 0.15) is 11.5 Å². The summed E-state index contributed by atoms with van der Waals surface area (Å²) in [5, 5.41) is 21.8. The molecule has 1 aliphatic rings. The third-order valence-electron chi connectivity index (χ3n) is 5.97. The molecule has 1 atom stereocenters. The number of aliphatic hydroxyl groups excluding tert-OH is 1. The molecule has 1 aromatic heterocycles. The predicted molar refractivity (Wildman–Crippen MR) is 133 cm³/mol. The third kappa shape index (κ3) is 3.63. The number of thiazole rings is 1. The zero-order chi connectivity index (χ0) is 24.1. The molecule has 0 bridgehead atoms. The van der Waals surface area contributed by atoms with Crippen molar-refractivity contribution in [2.45, 2.75) is 19.9 Å². The SMILES string of the molecule is Cc1cc2nc(N3C(=O)C(=O)/C(=C(/O)c4ccc(Cl)cc4)C3c3ccc(O)cc3)sc2cc1C. The second kappa shape index (κ2) is 8.27. The van der Waals surface area contributed by atoms with Crippen molar-refractivity contribution < 1.29 is 19.8 Å². The highest BCUT2D eigenvalue weighted by atomic mass is 35.5. The zero-order valence-electron chi connectivity index (χ0n) is 18.2. The molecule has 170 valence electrons. The van der Waals surface area contributed by atoms with Crippen LogP contribution < -0.4 is 4.90 Å². The van der Waals surface area contributed by atoms with Crippen LogP contribution in [0.3, 0.4) is 0 Å². The fourth-order valence-corrected chi connectivity index (χ4v) is 5.23. The fraction of sp³-hybridized carbons (Fsp3) is 0.115. The number of nitrogens with zero attached hydrogens (tertiary/aromatic N) is 2. The molecule has 0 spiro atoms. The quantitative estimate of drug-likeness (QED) is 0.212. The number of amides is 1. The van der Waals surface area contributed by atoms with Gasteiger partial charge in [-0.2, -0.15) is 0 Å². The Balaban J connectivity index is 1.73. The number of phenolic OH excluding ortho intramolecular Hbond substituents is 1. The summed E-state index contributed by atoms with van der Waals surface area (Å²) in [5.74, 6) is -1.84. The largest absolute Gasteiger partial charge is 0.508 e. The second-order valence-electron chi connectivity index (χ2n) is 8.17. The molecule has 0 radical (unpaired) electrons. The summed E-state index contributed by atoms with van der Waals surface area (Å²) in [6.45, 7) is 3.99. The first kappa shape index (κ1) is 22.1. The summed E-state index contributed by atoms with van der Waals surface area (Å²) in [7, 11) is 0. The Morgan fingerprint density at radius 3 is 2.32 bits per heavy atom. The number of hydrogen-bond donors (Lipinski definition) is 2. The van der Waals surface area contributed by atoms with E-state index >= 15 is 0 Å². The lowest BCUT2D eigenvalue weighted by molar-refractivity contribution is -0.132. The molecule has 0 saturated carbocycles. The van der Waals surface area contributed by atoms with Gasteiger partial charge in [0.05, 0.1) is 21.8 Å². The predicted octanol–water partition coefficient (Wildman–Crippen LogP) is 5.90. The van der Waals surface area contributed by atoms with Crippen LogP contribution in [-0.4, -0.2) is 26.9 Å². The first-order chi connectivity index (χ1) is 16.2. The van der Waals surface area contributed by atoms with Crippen molar-refractivity contribution in [2.75, 3.05) is 4.90 Å². The van der Waals surface area contributed by atoms with Crippen LogP contribution in [0.15, 0.2) is 66.2 Å². The maximum Gasteiger partial charge on any atom is 0.301 e. The highest BCUT2D eigenvalue weighted by molar-refractivity contribution is 7.22.